The third-order valence-corrected chi connectivity index (χ3v) is 4.98. The predicted molar refractivity (Wildman–Crippen MR) is 88.6 cm³/mol. The summed E-state index contributed by atoms with van der Waals surface area (Å²) < 4.78 is 5.54. The van der Waals surface area contributed by atoms with Crippen LogP contribution in [-0.2, 0) is 16.1 Å². The molecule has 24 heavy (non-hydrogen) atoms. The summed E-state index contributed by atoms with van der Waals surface area (Å²) in [5.74, 6) is 0.439. The summed E-state index contributed by atoms with van der Waals surface area (Å²) in [7, 11) is 0. The zero-order valence-electron chi connectivity index (χ0n) is 13.9. The maximum absolute atomic E-state index is 12.8. The van der Waals surface area contributed by atoms with Crippen LogP contribution in [0.25, 0.3) is 0 Å². The lowest BCUT2D eigenvalue weighted by molar-refractivity contribution is -0.142. The fourth-order valence-corrected chi connectivity index (χ4v) is 3.65. The van der Waals surface area contributed by atoms with Crippen molar-refractivity contribution in [3.8, 4) is 0 Å². The monoisotopic (exact) mass is 335 g/mol. The quantitative estimate of drug-likeness (QED) is 0.844. The number of carbonyl (C=O) groups excluding carboxylic acids is 1. The summed E-state index contributed by atoms with van der Waals surface area (Å²) in [4.78, 5) is 42.4. The van der Waals surface area contributed by atoms with Crippen molar-refractivity contribution in [1.29, 1.82) is 0 Å². The molecule has 1 aromatic rings. The Kier molecular flexibility index (Phi) is 5.50. The number of nitrogens with zero attached hydrogens (tertiary/aromatic N) is 1. The van der Waals surface area contributed by atoms with E-state index in [-0.39, 0.29) is 12.5 Å². The van der Waals surface area contributed by atoms with Gasteiger partial charge in [0.05, 0.1) is 12.1 Å². The molecule has 1 saturated heterocycles. The van der Waals surface area contributed by atoms with Crippen LogP contribution in [-0.4, -0.2) is 40.0 Å². The lowest BCUT2D eigenvalue weighted by Crippen LogP contribution is -2.43. The second-order valence-corrected chi connectivity index (χ2v) is 6.82. The molecule has 0 aromatic carbocycles. The van der Waals surface area contributed by atoms with Crippen LogP contribution in [0.15, 0.2) is 15.8 Å². The van der Waals surface area contributed by atoms with E-state index in [2.05, 4.69) is 9.97 Å². The molecule has 1 aliphatic carbocycles. The van der Waals surface area contributed by atoms with Gasteiger partial charge in [-0.25, -0.2) is 4.79 Å². The Balaban J connectivity index is 1.75. The lowest BCUT2D eigenvalue weighted by atomic mass is 9.88. The van der Waals surface area contributed by atoms with Gasteiger partial charge in [-0.05, 0) is 31.6 Å². The number of hydrogen-bond acceptors (Lipinski definition) is 4. The number of aromatic amines is 2. The first-order chi connectivity index (χ1) is 11.6. The van der Waals surface area contributed by atoms with Crippen LogP contribution in [0.1, 0.15) is 50.5 Å². The van der Waals surface area contributed by atoms with E-state index < -0.39 is 17.4 Å². The number of H-pyrrole nitrogens is 2. The molecular formula is C17H25N3O4. The highest BCUT2D eigenvalue weighted by Gasteiger charge is 2.30. The predicted octanol–water partition coefficient (Wildman–Crippen LogP) is 1.15. The number of aromatic nitrogens is 2. The molecule has 1 atom stereocenters. The summed E-state index contributed by atoms with van der Waals surface area (Å²) in [5.41, 5.74) is -0.572. The van der Waals surface area contributed by atoms with Gasteiger partial charge >= 0.3 is 5.69 Å². The standard InChI is InChI=1S/C17H25N3O4/c21-15-13(9-18-17(23)19-15)11-20(10-12-5-2-1-3-6-12)16(22)14-7-4-8-24-14/h9,12,14H,1-8,10-11H2,(H2,18,19,21,23). The molecule has 1 saturated carbocycles. The topological polar surface area (TPSA) is 95.3 Å². The Bertz CT molecular complexity index is 669. The van der Waals surface area contributed by atoms with Gasteiger partial charge in [0.1, 0.15) is 6.10 Å². The third kappa shape index (κ3) is 4.14. The molecule has 0 radical (unpaired) electrons. The van der Waals surface area contributed by atoms with Crippen molar-refractivity contribution in [3.63, 3.8) is 0 Å². The van der Waals surface area contributed by atoms with Gasteiger partial charge in [0.25, 0.3) is 11.5 Å². The highest BCUT2D eigenvalue weighted by molar-refractivity contribution is 5.81. The number of rotatable bonds is 5. The fraction of sp³-hybridized carbons (Fsp3) is 0.706. The molecule has 1 aliphatic heterocycles. The average Bonchev–Trinajstić information content (AvgIpc) is 3.11. The minimum atomic E-state index is -0.534. The van der Waals surface area contributed by atoms with Gasteiger partial charge in [-0.15, -0.1) is 0 Å². The Hall–Kier alpha value is -1.89. The van der Waals surface area contributed by atoms with E-state index in [9.17, 15) is 14.4 Å². The van der Waals surface area contributed by atoms with Crippen LogP contribution < -0.4 is 11.2 Å². The zero-order valence-corrected chi connectivity index (χ0v) is 13.9. The van der Waals surface area contributed by atoms with Crippen molar-refractivity contribution in [1.82, 2.24) is 14.9 Å². The highest BCUT2D eigenvalue weighted by atomic mass is 16.5. The average molecular weight is 335 g/mol. The van der Waals surface area contributed by atoms with E-state index >= 15 is 0 Å². The van der Waals surface area contributed by atoms with Crippen LogP contribution in [0.4, 0.5) is 0 Å². The minimum Gasteiger partial charge on any atom is -0.368 e. The van der Waals surface area contributed by atoms with E-state index in [4.69, 9.17) is 4.74 Å². The maximum Gasteiger partial charge on any atom is 0.325 e. The van der Waals surface area contributed by atoms with Crippen molar-refractivity contribution >= 4 is 5.91 Å². The molecule has 0 bridgehead atoms. The molecule has 1 aromatic heterocycles. The minimum absolute atomic E-state index is 0.0383. The van der Waals surface area contributed by atoms with Crippen molar-refractivity contribution in [3.05, 3.63) is 32.6 Å². The second-order valence-electron chi connectivity index (χ2n) is 6.82. The van der Waals surface area contributed by atoms with E-state index in [1.807, 2.05) is 0 Å². The Labute approximate surface area is 140 Å². The molecule has 7 nitrogen and oxygen atoms in total. The van der Waals surface area contributed by atoms with Gasteiger partial charge in [-0.2, -0.15) is 0 Å². The van der Waals surface area contributed by atoms with Crippen LogP contribution in [0, 0.1) is 5.92 Å². The van der Waals surface area contributed by atoms with Crippen molar-refractivity contribution in [2.45, 2.75) is 57.6 Å². The van der Waals surface area contributed by atoms with E-state index in [0.29, 0.717) is 24.6 Å². The van der Waals surface area contributed by atoms with Crippen LogP contribution in [0.3, 0.4) is 0 Å². The number of amides is 1. The molecule has 2 aliphatic rings. The van der Waals surface area contributed by atoms with Crippen LogP contribution in [0.2, 0.25) is 0 Å². The van der Waals surface area contributed by atoms with E-state index in [0.717, 1.165) is 25.7 Å². The molecular weight excluding hydrogens is 310 g/mol. The highest BCUT2D eigenvalue weighted by Crippen LogP contribution is 2.26. The Morgan fingerprint density at radius 1 is 1.17 bits per heavy atom. The van der Waals surface area contributed by atoms with Crippen molar-refractivity contribution in [2.75, 3.05) is 13.2 Å². The second kappa shape index (κ2) is 7.79. The normalized spacial score (nSPS) is 21.8. The molecule has 132 valence electrons. The van der Waals surface area contributed by atoms with Gasteiger partial charge in [-0.3, -0.25) is 14.6 Å². The molecule has 3 rings (SSSR count). The van der Waals surface area contributed by atoms with Crippen LogP contribution in [0.5, 0.6) is 0 Å². The molecule has 7 heteroatoms. The SMILES string of the molecule is O=C(C1CCCO1)N(Cc1c[nH]c(=O)[nH]c1=O)CC1CCCCC1. The smallest absolute Gasteiger partial charge is 0.325 e. The number of carbonyl (C=O) groups is 1. The molecule has 2 heterocycles. The first kappa shape index (κ1) is 17.0. The fourth-order valence-electron chi connectivity index (χ4n) is 3.65. The maximum atomic E-state index is 12.8. The molecule has 2 N–H and O–H groups in total. The van der Waals surface area contributed by atoms with Gasteiger partial charge < -0.3 is 14.6 Å². The Morgan fingerprint density at radius 3 is 2.62 bits per heavy atom. The third-order valence-electron chi connectivity index (χ3n) is 4.98. The van der Waals surface area contributed by atoms with E-state index in [1.54, 1.807) is 4.90 Å². The number of hydrogen-bond donors (Lipinski definition) is 2. The largest absolute Gasteiger partial charge is 0.368 e. The van der Waals surface area contributed by atoms with Crippen molar-refractivity contribution in [2.24, 2.45) is 5.92 Å². The van der Waals surface area contributed by atoms with Gasteiger partial charge in [0, 0.05) is 19.3 Å². The number of ether oxygens (including phenoxy) is 1. The van der Waals surface area contributed by atoms with Crippen LogP contribution >= 0.6 is 0 Å². The first-order valence-corrected chi connectivity index (χ1v) is 8.85. The van der Waals surface area contributed by atoms with Gasteiger partial charge in [0.15, 0.2) is 0 Å². The molecule has 0 spiro atoms. The molecule has 2 fully saturated rings. The van der Waals surface area contributed by atoms with E-state index in [1.165, 1.54) is 25.5 Å². The summed E-state index contributed by atoms with van der Waals surface area (Å²) in [6.07, 6.45) is 8.55. The lowest BCUT2D eigenvalue weighted by Gasteiger charge is -2.31. The summed E-state index contributed by atoms with van der Waals surface area (Å²) >= 11 is 0. The Morgan fingerprint density at radius 2 is 1.96 bits per heavy atom. The first-order valence-electron chi connectivity index (χ1n) is 8.85. The summed E-state index contributed by atoms with van der Waals surface area (Å²) in [6, 6.07) is 0. The van der Waals surface area contributed by atoms with Gasteiger partial charge in [-0.1, -0.05) is 19.3 Å². The van der Waals surface area contributed by atoms with Crippen molar-refractivity contribution < 1.29 is 9.53 Å². The van der Waals surface area contributed by atoms with Gasteiger partial charge in [0.2, 0.25) is 0 Å². The number of nitrogens with one attached hydrogen (secondary N) is 2. The summed E-state index contributed by atoms with van der Waals surface area (Å²) in [6.45, 7) is 1.48. The molecule has 1 unspecified atom stereocenters. The zero-order chi connectivity index (χ0) is 16.9. The molecule has 1 amide bonds. The summed E-state index contributed by atoms with van der Waals surface area (Å²) in [5, 5.41) is 0.